The number of aryl methyl sites for hydroxylation is 1. The Morgan fingerprint density at radius 3 is 2.46 bits per heavy atom. The highest BCUT2D eigenvalue weighted by atomic mass is 16.5. The van der Waals surface area contributed by atoms with Crippen LogP contribution in [0.1, 0.15) is 11.3 Å². The van der Waals surface area contributed by atoms with Crippen molar-refractivity contribution in [3.05, 3.63) is 60.0 Å². The highest BCUT2D eigenvalue weighted by molar-refractivity contribution is 5.67. The Kier molecular flexibility index (Phi) is 4.56. The third kappa shape index (κ3) is 3.43. The molecule has 0 saturated heterocycles. The maximum absolute atomic E-state index is 5.97. The van der Waals surface area contributed by atoms with Crippen LogP contribution in [-0.4, -0.2) is 22.1 Å². The zero-order chi connectivity index (χ0) is 16.9. The molecule has 0 unspecified atom stereocenters. The van der Waals surface area contributed by atoms with E-state index in [2.05, 4.69) is 15.0 Å². The van der Waals surface area contributed by atoms with Crippen LogP contribution in [0.15, 0.2) is 48.8 Å². The number of rotatable bonds is 5. The van der Waals surface area contributed by atoms with Crippen molar-refractivity contribution in [3.8, 4) is 22.9 Å². The average Bonchev–Trinajstić information content (AvgIpc) is 2.60. The molecular weight excluding hydrogens is 304 g/mol. The van der Waals surface area contributed by atoms with Gasteiger partial charge in [0.2, 0.25) is 0 Å². The molecule has 6 nitrogen and oxygen atoms in total. The molecule has 0 radical (unpaired) electrons. The zero-order valence-corrected chi connectivity index (χ0v) is 13.6. The summed E-state index contributed by atoms with van der Waals surface area (Å²) in [5.74, 6) is 2.39. The normalized spacial score (nSPS) is 10.4. The Hall–Kier alpha value is -3.15. The molecule has 2 N–H and O–H groups in total. The summed E-state index contributed by atoms with van der Waals surface area (Å²) in [7, 11) is 1.64. The Bertz CT molecular complexity index is 835. The summed E-state index contributed by atoms with van der Waals surface area (Å²) in [4.78, 5) is 12.9. The number of methoxy groups -OCH3 is 1. The van der Waals surface area contributed by atoms with Crippen molar-refractivity contribution >= 4 is 5.82 Å². The number of hydrogen-bond donors (Lipinski definition) is 1. The molecule has 0 atom stereocenters. The fourth-order valence-electron chi connectivity index (χ4n) is 2.31. The van der Waals surface area contributed by atoms with E-state index in [0.29, 0.717) is 24.0 Å². The summed E-state index contributed by atoms with van der Waals surface area (Å²) in [6.45, 7) is 2.31. The monoisotopic (exact) mass is 322 g/mol. The molecule has 2 heterocycles. The van der Waals surface area contributed by atoms with Crippen molar-refractivity contribution in [2.24, 2.45) is 0 Å². The SMILES string of the molecule is COc1ccc(COc2ccnc(C)c2-c2nccc(N)n2)cc1. The van der Waals surface area contributed by atoms with Crippen molar-refractivity contribution in [1.29, 1.82) is 0 Å². The molecule has 0 fully saturated rings. The second kappa shape index (κ2) is 6.95. The first-order valence-electron chi connectivity index (χ1n) is 7.47. The molecule has 122 valence electrons. The summed E-state index contributed by atoms with van der Waals surface area (Å²) in [5, 5.41) is 0. The van der Waals surface area contributed by atoms with Gasteiger partial charge in [0.05, 0.1) is 18.4 Å². The Balaban J connectivity index is 1.86. The first kappa shape index (κ1) is 15.7. The molecule has 0 aliphatic carbocycles. The van der Waals surface area contributed by atoms with Crippen molar-refractivity contribution in [2.45, 2.75) is 13.5 Å². The van der Waals surface area contributed by atoms with E-state index in [1.54, 1.807) is 31.6 Å². The summed E-state index contributed by atoms with van der Waals surface area (Å²) >= 11 is 0. The van der Waals surface area contributed by atoms with E-state index in [0.717, 1.165) is 22.6 Å². The lowest BCUT2D eigenvalue weighted by molar-refractivity contribution is 0.306. The van der Waals surface area contributed by atoms with Crippen LogP contribution in [0.3, 0.4) is 0 Å². The van der Waals surface area contributed by atoms with Crippen LogP contribution >= 0.6 is 0 Å². The molecule has 0 spiro atoms. The molecule has 3 aromatic rings. The molecule has 2 aromatic heterocycles. The number of nitrogens with two attached hydrogens (primary N) is 1. The van der Waals surface area contributed by atoms with Crippen LogP contribution < -0.4 is 15.2 Å². The van der Waals surface area contributed by atoms with Crippen LogP contribution in [0.25, 0.3) is 11.4 Å². The number of aromatic nitrogens is 3. The van der Waals surface area contributed by atoms with Crippen LogP contribution in [0.4, 0.5) is 5.82 Å². The molecule has 1 aromatic carbocycles. The lowest BCUT2D eigenvalue weighted by Gasteiger charge is -2.13. The summed E-state index contributed by atoms with van der Waals surface area (Å²) in [6.07, 6.45) is 3.33. The number of ether oxygens (including phenoxy) is 2. The minimum atomic E-state index is 0.407. The summed E-state index contributed by atoms with van der Waals surface area (Å²) in [5.41, 5.74) is 8.33. The Morgan fingerprint density at radius 1 is 1.00 bits per heavy atom. The predicted octanol–water partition coefficient (Wildman–Crippen LogP) is 3.02. The van der Waals surface area contributed by atoms with Gasteiger partial charge in [-0.1, -0.05) is 12.1 Å². The van der Waals surface area contributed by atoms with Crippen LogP contribution in [0.2, 0.25) is 0 Å². The van der Waals surface area contributed by atoms with Gasteiger partial charge >= 0.3 is 0 Å². The highest BCUT2D eigenvalue weighted by Gasteiger charge is 2.14. The minimum absolute atomic E-state index is 0.407. The molecule has 0 aliphatic rings. The second-order valence-corrected chi connectivity index (χ2v) is 5.21. The fourth-order valence-corrected chi connectivity index (χ4v) is 2.31. The summed E-state index contributed by atoms with van der Waals surface area (Å²) < 4.78 is 11.1. The van der Waals surface area contributed by atoms with Gasteiger partial charge in [0.1, 0.15) is 23.9 Å². The van der Waals surface area contributed by atoms with E-state index in [1.165, 1.54) is 0 Å². The van der Waals surface area contributed by atoms with E-state index in [9.17, 15) is 0 Å². The summed E-state index contributed by atoms with van der Waals surface area (Å²) in [6, 6.07) is 11.2. The first-order chi connectivity index (χ1) is 11.7. The Morgan fingerprint density at radius 2 is 1.75 bits per heavy atom. The largest absolute Gasteiger partial charge is 0.497 e. The highest BCUT2D eigenvalue weighted by Crippen LogP contribution is 2.30. The van der Waals surface area contributed by atoms with E-state index in [4.69, 9.17) is 15.2 Å². The van der Waals surface area contributed by atoms with Crippen molar-refractivity contribution in [1.82, 2.24) is 15.0 Å². The molecule has 0 saturated carbocycles. The van der Waals surface area contributed by atoms with E-state index in [-0.39, 0.29) is 0 Å². The van der Waals surface area contributed by atoms with Crippen LogP contribution in [0, 0.1) is 6.92 Å². The van der Waals surface area contributed by atoms with Gasteiger partial charge in [0.15, 0.2) is 5.82 Å². The predicted molar refractivity (Wildman–Crippen MR) is 91.7 cm³/mol. The molecule has 0 bridgehead atoms. The maximum atomic E-state index is 5.97. The fraction of sp³-hybridized carbons (Fsp3) is 0.167. The van der Waals surface area contributed by atoms with Gasteiger partial charge in [-0.05, 0) is 36.8 Å². The second-order valence-electron chi connectivity index (χ2n) is 5.21. The van der Waals surface area contributed by atoms with Crippen LogP contribution in [0.5, 0.6) is 11.5 Å². The number of pyridine rings is 1. The average molecular weight is 322 g/mol. The molecular formula is C18H18N4O2. The lowest BCUT2D eigenvalue weighted by atomic mass is 10.1. The van der Waals surface area contributed by atoms with Gasteiger partial charge in [-0.15, -0.1) is 0 Å². The van der Waals surface area contributed by atoms with Gasteiger partial charge in [-0.25, -0.2) is 9.97 Å². The van der Waals surface area contributed by atoms with Crippen molar-refractivity contribution < 1.29 is 9.47 Å². The molecule has 6 heteroatoms. The van der Waals surface area contributed by atoms with Gasteiger partial charge in [-0.3, -0.25) is 4.98 Å². The van der Waals surface area contributed by atoms with Crippen molar-refractivity contribution in [2.75, 3.05) is 12.8 Å². The van der Waals surface area contributed by atoms with Gasteiger partial charge in [-0.2, -0.15) is 0 Å². The zero-order valence-electron chi connectivity index (χ0n) is 13.6. The smallest absolute Gasteiger partial charge is 0.167 e. The maximum Gasteiger partial charge on any atom is 0.167 e. The van der Waals surface area contributed by atoms with E-state index < -0.39 is 0 Å². The van der Waals surface area contributed by atoms with Gasteiger partial charge in [0.25, 0.3) is 0 Å². The number of nitrogens with zero attached hydrogens (tertiary/aromatic N) is 3. The van der Waals surface area contributed by atoms with E-state index >= 15 is 0 Å². The third-order valence-corrected chi connectivity index (χ3v) is 3.56. The van der Waals surface area contributed by atoms with Gasteiger partial charge < -0.3 is 15.2 Å². The molecule has 24 heavy (non-hydrogen) atoms. The first-order valence-corrected chi connectivity index (χ1v) is 7.47. The molecule has 0 amide bonds. The quantitative estimate of drug-likeness (QED) is 0.777. The molecule has 0 aliphatic heterocycles. The van der Waals surface area contributed by atoms with Crippen LogP contribution in [-0.2, 0) is 6.61 Å². The third-order valence-electron chi connectivity index (χ3n) is 3.56. The number of anilines is 1. The topological polar surface area (TPSA) is 83.2 Å². The number of benzene rings is 1. The number of hydrogen-bond acceptors (Lipinski definition) is 6. The Labute approximate surface area is 140 Å². The minimum Gasteiger partial charge on any atom is -0.497 e. The number of nitrogen functional groups attached to an aromatic ring is 1. The molecule has 3 rings (SSSR count). The van der Waals surface area contributed by atoms with Gasteiger partial charge in [0, 0.05) is 12.4 Å². The standard InChI is InChI=1S/C18H18N4O2/c1-12-17(18-21-10-8-16(19)22-18)15(7-9-20-12)24-11-13-3-5-14(23-2)6-4-13/h3-10H,11H2,1-2H3,(H2,19,21,22). The lowest BCUT2D eigenvalue weighted by Crippen LogP contribution is -2.02. The van der Waals surface area contributed by atoms with E-state index in [1.807, 2.05) is 31.2 Å². The van der Waals surface area contributed by atoms with Crippen molar-refractivity contribution in [3.63, 3.8) is 0 Å².